The topological polar surface area (TPSA) is 0 Å². The van der Waals surface area contributed by atoms with Gasteiger partial charge in [-0.3, -0.25) is 0 Å². The Morgan fingerprint density at radius 2 is 0.833 bits per heavy atom. The minimum absolute atomic E-state index is 0.890. The molecule has 0 aliphatic heterocycles. The Hall–Kier alpha value is -0.260. The van der Waals surface area contributed by atoms with Gasteiger partial charge in [-0.15, -0.1) is 0 Å². The summed E-state index contributed by atoms with van der Waals surface area (Å²) < 4.78 is 0. The zero-order valence-electron chi connectivity index (χ0n) is 21.4. The van der Waals surface area contributed by atoms with Crippen LogP contribution in [-0.2, 0) is 0 Å². The third-order valence-electron chi connectivity index (χ3n) is 6.85. The van der Waals surface area contributed by atoms with Crippen LogP contribution in [0, 0.1) is 31.6 Å². The van der Waals surface area contributed by atoms with Gasteiger partial charge < -0.3 is 0 Å². The van der Waals surface area contributed by atoms with Gasteiger partial charge in [-0.25, -0.2) is 0 Å². The van der Waals surface area contributed by atoms with Crippen molar-refractivity contribution in [2.24, 2.45) is 17.8 Å². The van der Waals surface area contributed by atoms with Crippen LogP contribution in [0.1, 0.15) is 149 Å². The Morgan fingerprint density at radius 3 is 1.37 bits per heavy atom. The smallest absolute Gasteiger partial charge is 0.0348 e. The minimum atomic E-state index is 0.890. The molecule has 30 heavy (non-hydrogen) atoms. The lowest BCUT2D eigenvalue weighted by atomic mass is 9.92. The van der Waals surface area contributed by atoms with Crippen LogP contribution >= 0.6 is 0 Å². The first-order valence-electron chi connectivity index (χ1n) is 13.8. The lowest BCUT2D eigenvalue weighted by molar-refractivity contribution is 0.397. The molecule has 0 heteroatoms. The summed E-state index contributed by atoms with van der Waals surface area (Å²) in [6, 6.07) is 0. The predicted octanol–water partition coefficient (Wildman–Crippen LogP) is 10.9. The molecule has 2 radical (unpaired) electrons. The maximum absolute atomic E-state index is 3.94. The maximum Gasteiger partial charge on any atom is -0.0348 e. The molecular weight excluding hydrogens is 360 g/mol. The van der Waals surface area contributed by atoms with Crippen LogP contribution in [0.25, 0.3) is 0 Å². The molecule has 0 aliphatic carbocycles. The fourth-order valence-corrected chi connectivity index (χ4v) is 4.49. The summed E-state index contributed by atoms with van der Waals surface area (Å²) >= 11 is 0. The van der Waals surface area contributed by atoms with Gasteiger partial charge in [-0.05, 0) is 43.4 Å². The van der Waals surface area contributed by atoms with Crippen molar-refractivity contribution >= 4 is 0 Å². The molecule has 0 bridgehead atoms. The number of hydrogen-bond donors (Lipinski definition) is 0. The SMILES string of the molecule is [CH2]CCC/C=C/CCC(C)CCCC(C)CCCCCCCC(C)CCCCC[CH2]. The summed E-state index contributed by atoms with van der Waals surface area (Å²) in [5, 5.41) is 0. The van der Waals surface area contributed by atoms with E-state index in [1.165, 1.54) is 116 Å². The Kier molecular flexibility index (Phi) is 23.2. The molecule has 0 rings (SSSR count). The molecule has 0 amide bonds. The Morgan fingerprint density at radius 1 is 0.433 bits per heavy atom. The Bertz CT molecular complexity index is 342. The molecule has 0 aromatic carbocycles. The second-order valence-corrected chi connectivity index (χ2v) is 10.3. The van der Waals surface area contributed by atoms with Crippen molar-refractivity contribution in [1.29, 1.82) is 0 Å². The summed E-state index contributed by atoms with van der Waals surface area (Å²) in [5.74, 6) is 2.76. The Balaban J connectivity index is 3.40. The summed E-state index contributed by atoms with van der Waals surface area (Å²) in [6.45, 7) is 15.2. The van der Waals surface area contributed by atoms with Crippen molar-refractivity contribution < 1.29 is 0 Å². The van der Waals surface area contributed by atoms with Crippen molar-refractivity contribution in [2.75, 3.05) is 0 Å². The van der Waals surface area contributed by atoms with Gasteiger partial charge >= 0.3 is 0 Å². The van der Waals surface area contributed by atoms with Crippen LogP contribution in [0.5, 0.6) is 0 Å². The zero-order chi connectivity index (χ0) is 22.3. The van der Waals surface area contributed by atoms with Gasteiger partial charge in [0.2, 0.25) is 0 Å². The first-order valence-corrected chi connectivity index (χ1v) is 13.8. The first kappa shape index (κ1) is 29.7. The quantitative estimate of drug-likeness (QED) is 0.114. The molecule has 0 saturated heterocycles. The van der Waals surface area contributed by atoms with Crippen molar-refractivity contribution in [3.63, 3.8) is 0 Å². The summed E-state index contributed by atoms with van der Waals surface area (Å²) in [7, 11) is 0. The van der Waals surface area contributed by atoms with Crippen LogP contribution in [0.2, 0.25) is 0 Å². The summed E-state index contributed by atoms with van der Waals surface area (Å²) in [6.07, 6.45) is 32.0. The molecule has 0 heterocycles. The van der Waals surface area contributed by atoms with Gasteiger partial charge in [0.05, 0.1) is 0 Å². The van der Waals surface area contributed by atoms with E-state index in [2.05, 4.69) is 46.8 Å². The van der Waals surface area contributed by atoms with Crippen molar-refractivity contribution in [2.45, 2.75) is 149 Å². The molecule has 0 spiro atoms. The molecule has 3 atom stereocenters. The summed E-state index contributed by atoms with van der Waals surface area (Å²) in [5.41, 5.74) is 0. The molecule has 0 aromatic heterocycles. The van der Waals surface area contributed by atoms with Crippen LogP contribution in [0.15, 0.2) is 12.2 Å². The summed E-state index contributed by atoms with van der Waals surface area (Å²) in [4.78, 5) is 0. The first-order chi connectivity index (χ1) is 14.6. The van der Waals surface area contributed by atoms with Gasteiger partial charge in [-0.2, -0.15) is 0 Å². The van der Waals surface area contributed by atoms with E-state index in [9.17, 15) is 0 Å². The molecule has 0 aliphatic rings. The molecule has 0 saturated carbocycles. The van der Waals surface area contributed by atoms with Crippen LogP contribution in [0.4, 0.5) is 0 Å². The van der Waals surface area contributed by atoms with Gasteiger partial charge in [0.25, 0.3) is 0 Å². The van der Waals surface area contributed by atoms with Gasteiger partial charge in [0.1, 0.15) is 0 Å². The van der Waals surface area contributed by atoms with Crippen molar-refractivity contribution in [3.8, 4) is 0 Å². The molecule has 3 unspecified atom stereocenters. The van der Waals surface area contributed by atoms with E-state index in [-0.39, 0.29) is 0 Å². The Labute approximate surface area is 193 Å². The highest BCUT2D eigenvalue weighted by Gasteiger charge is 2.06. The van der Waals surface area contributed by atoms with Gasteiger partial charge in [0.15, 0.2) is 0 Å². The number of allylic oxidation sites excluding steroid dienone is 2. The number of hydrogen-bond acceptors (Lipinski definition) is 0. The third-order valence-corrected chi connectivity index (χ3v) is 6.85. The number of rotatable bonds is 23. The zero-order valence-corrected chi connectivity index (χ0v) is 21.4. The van der Waals surface area contributed by atoms with Gasteiger partial charge in [-0.1, -0.05) is 150 Å². The lowest BCUT2D eigenvalue weighted by Gasteiger charge is -2.14. The van der Waals surface area contributed by atoms with Crippen LogP contribution < -0.4 is 0 Å². The molecule has 178 valence electrons. The maximum atomic E-state index is 3.94. The molecule has 0 aromatic rings. The highest BCUT2D eigenvalue weighted by molar-refractivity contribution is 4.82. The minimum Gasteiger partial charge on any atom is -0.0885 e. The largest absolute Gasteiger partial charge is 0.0885 e. The average Bonchev–Trinajstić information content (AvgIpc) is 2.73. The monoisotopic (exact) mass is 418 g/mol. The van der Waals surface area contributed by atoms with E-state index in [1.807, 2.05) is 0 Å². The van der Waals surface area contributed by atoms with E-state index in [4.69, 9.17) is 0 Å². The lowest BCUT2D eigenvalue weighted by Crippen LogP contribution is -1.99. The van der Waals surface area contributed by atoms with Crippen molar-refractivity contribution in [1.82, 2.24) is 0 Å². The highest BCUT2D eigenvalue weighted by Crippen LogP contribution is 2.22. The average molecular weight is 419 g/mol. The molecule has 0 N–H and O–H groups in total. The van der Waals surface area contributed by atoms with E-state index in [0.29, 0.717) is 0 Å². The van der Waals surface area contributed by atoms with E-state index < -0.39 is 0 Å². The standard InChI is InChI=1S/C30H58/c1-6-8-10-12-14-18-24-29(4)26-21-27-30(5)25-20-16-13-15-19-23-28(3)22-17-11-9-7-2/h12,14,28-30H,1-2,6-11,13,15-27H2,3-5H3/b14-12+. The molecular formula is C30H58. The second-order valence-electron chi connectivity index (χ2n) is 10.3. The second kappa shape index (κ2) is 23.4. The fourth-order valence-electron chi connectivity index (χ4n) is 4.49. The normalized spacial score (nSPS) is 15.0. The van der Waals surface area contributed by atoms with E-state index >= 15 is 0 Å². The van der Waals surface area contributed by atoms with Gasteiger partial charge in [0, 0.05) is 0 Å². The van der Waals surface area contributed by atoms with Crippen LogP contribution in [0.3, 0.4) is 0 Å². The van der Waals surface area contributed by atoms with E-state index in [0.717, 1.165) is 30.6 Å². The van der Waals surface area contributed by atoms with Crippen molar-refractivity contribution in [3.05, 3.63) is 26.0 Å². The van der Waals surface area contributed by atoms with E-state index in [1.54, 1.807) is 0 Å². The van der Waals surface area contributed by atoms with Crippen LogP contribution in [-0.4, -0.2) is 0 Å². The highest BCUT2D eigenvalue weighted by atomic mass is 14.1. The number of unbranched alkanes of at least 4 members (excludes halogenated alkanes) is 9. The molecule has 0 fully saturated rings. The third kappa shape index (κ3) is 22.4. The molecule has 0 nitrogen and oxygen atoms in total. The predicted molar refractivity (Wildman–Crippen MR) is 140 cm³/mol. The fraction of sp³-hybridized carbons (Fsp3) is 0.867.